The van der Waals surface area contributed by atoms with Crippen LogP contribution >= 0.6 is 11.6 Å². The van der Waals surface area contributed by atoms with Crippen LogP contribution in [0.1, 0.15) is 31.7 Å². The van der Waals surface area contributed by atoms with E-state index >= 15 is 0 Å². The molecule has 0 radical (unpaired) electrons. The number of nitrogens with zero attached hydrogens (tertiary/aromatic N) is 1. The Labute approximate surface area is 118 Å². The third-order valence-electron chi connectivity index (χ3n) is 3.79. The van der Waals surface area contributed by atoms with Gasteiger partial charge in [-0.3, -0.25) is 10.1 Å². The second kappa shape index (κ2) is 6.35. The van der Waals surface area contributed by atoms with Gasteiger partial charge in [-0.2, -0.15) is 0 Å². The van der Waals surface area contributed by atoms with Crippen LogP contribution < -0.4 is 5.32 Å². The van der Waals surface area contributed by atoms with E-state index in [-0.39, 0.29) is 10.6 Å². The van der Waals surface area contributed by atoms with Gasteiger partial charge >= 0.3 is 0 Å². The number of nitro benzene ring substituents is 1. The predicted molar refractivity (Wildman–Crippen MR) is 76.3 cm³/mol. The monoisotopic (exact) mass is 282 g/mol. The average Bonchev–Trinajstić information content (AvgIpc) is 2.75. The van der Waals surface area contributed by atoms with Gasteiger partial charge < -0.3 is 5.32 Å². The third kappa shape index (κ3) is 3.91. The van der Waals surface area contributed by atoms with Crippen molar-refractivity contribution in [3.8, 4) is 0 Å². The molecule has 19 heavy (non-hydrogen) atoms. The van der Waals surface area contributed by atoms with E-state index in [9.17, 15) is 10.1 Å². The lowest BCUT2D eigenvalue weighted by atomic mass is 10.1. The minimum Gasteiger partial charge on any atom is -0.312 e. The normalized spacial score (nSPS) is 22.6. The summed E-state index contributed by atoms with van der Waals surface area (Å²) < 4.78 is 0. The molecule has 1 N–H and O–H groups in total. The molecule has 1 saturated carbocycles. The van der Waals surface area contributed by atoms with E-state index in [2.05, 4.69) is 12.2 Å². The zero-order chi connectivity index (χ0) is 13.8. The van der Waals surface area contributed by atoms with Gasteiger partial charge in [0.15, 0.2) is 0 Å². The third-order valence-corrected chi connectivity index (χ3v) is 4.03. The molecule has 0 amide bonds. The molecule has 1 fully saturated rings. The summed E-state index contributed by atoms with van der Waals surface area (Å²) in [5.41, 5.74) is 0.792. The summed E-state index contributed by atoms with van der Waals surface area (Å²) in [6.07, 6.45) is 3.81. The fraction of sp³-hybridized carbons (Fsp3) is 0.571. The summed E-state index contributed by atoms with van der Waals surface area (Å²) in [6.45, 7) is 3.71. The van der Waals surface area contributed by atoms with Crippen molar-refractivity contribution in [2.45, 2.75) is 32.7 Å². The first kappa shape index (κ1) is 14.3. The molecule has 1 aromatic carbocycles. The highest BCUT2D eigenvalue weighted by atomic mass is 35.5. The van der Waals surface area contributed by atoms with Crippen LogP contribution in [0.3, 0.4) is 0 Å². The van der Waals surface area contributed by atoms with Crippen LogP contribution in [0.15, 0.2) is 18.2 Å². The van der Waals surface area contributed by atoms with E-state index < -0.39 is 0 Å². The molecule has 2 rings (SSSR count). The van der Waals surface area contributed by atoms with Crippen LogP contribution in [0.5, 0.6) is 0 Å². The van der Waals surface area contributed by atoms with E-state index in [0.717, 1.165) is 12.5 Å². The first-order valence-electron chi connectivity index (χ1n) is 6.70. The number of nitrogens with one attached hydrogen (secondary N) is 1. The Hall–Kier alpha value is -1.13. The van der Waals surface area contributed by atoms with E-state index in [4.69, 9.17) is 11.6 Å². The fourth-order valence-corrected chi connectivity index (χ4v) is 2.99. The first-order valence-corrected chi connectivity index (χ1v) is 7.07. The maximum atomic E-state index is 10.9. The van der Waals surface area contributed by atoms with Crippen LogP contribution in [-0.4, -0.2) is 11.5 Å². The Morgan fingerprint density at radius 1 is 1.47 bits per heavy atom. The van der Waals surface area contributed by atoms with Gasteiger partial charge in [-0.25, -0.2) is 0 Å². The number of halogens is 1. The SMILES string of the molecule is CC1CCC(CNCc2cc(Cl)ccc2[N+](=O)[O-])C1. The lowest BCUT2D eigenvalue weighted by Crippen LogP contribution is -2.21. The molecule has 0 saturated heterocycles. The summed E-state index contributed by atoms with van der Waals surface area (Å²) in [4.78, 5) is 10.6. The van der Waals surface area contributed by atoms with Gasteiger partial charge in [0.2, 0.25) is 0 Å². The minimum absolute atomic E-state index is 0.136. The van der Waals surface area contributed by atoms with Gasteiger partial charge in [-0.1, -0.05) is 24.9 Å². The van der Waals surface area contributed by atoms with Gasteiger partial charge in [0.25, 0.3) is 5.69 Å². The lowest BCUT2D eigenvalue weighted by Gasteiger charge is -2.11. The number of rotatable bonds is 5. The molecule has 0 aliphatic heterocycles. The highest BCUT2D eigenvalue weighted by Crippen LogP contribution is 2.30. The molecular weight excluding hydrogens is 264 g/mol. The molecule has 0 heterocycles. The second-order valence-corrected chi connectivity index (χ2v) is 5.88. The minimum atomic E-state index is -0.356. The van der Waals surface area contributed by atoms with Crippen molar-refractivity contribution in [2.75, 3.05) is 6.54 Å². The molecule has 1 aliphatic rings. The van der Waals surface area contributed by atoms with Crippen molar-refractivity contribution in [3.05, 3.63) is 38.9 Å². The lowest BCUT2D eigenvalue weighted by molar-refractivity contribution is -0.385. The highest BCUT2D eigenvalue weighted by molar-refractivity contribution is 6.30. The summed E-state index contributed by atoms with van der Waals surface area (Å²) in [7, 11) is 0. The number of nitro groups is 1. The fourth-order valence-electron chi connectivity index (χ4n) is 2.80. The van der Waals surface area contributed by atoms with Gasteiger partial charge in [0, 0.05) is 23.2 Å². The van der Waals surface area contributed by atoms with E-state index in [0.29, 0.717) is 23.0 Å². The van der Waals surface area contributed by atoms with Crippen LogP contribution in [0.4, 0.5) is 5.69 Å². The highest BCUT2D eigenvalue weighted by Gasteiger charge is 2.21. The van der Waals surface area contributed by atoms with Crippen molar-refractivity contribution in [1.82, 2.24) is 5.32 Å². The number of hydrogen-bond acceptors (Lipinski definition) is 3. The van der Waals surface area contributed by atoms with Crippen molar-refractivity contribution < 1.29 is 4.92 Å². The van der Waals surface area contributed by atoms with Crippen LogP contribution in [0.2, 0.25) is 5.02 Å². The van der Waals surface area contributed by atoms with Gasteiger partial charge in [-0.15, -0.1) is 0 Å². The molecule has 0 spiro atoms. The average molecular weight is 283 g/mol. The molecule has 4 nitrogen and oxygen atoms in total. The summed E-state index contributed by atoms with van der Waals surface area (Å²) in [6, 6.07) is 4.70. The van der Waals surface area contributed by atoms with Crippen LogP contribution in [-0.2, 0) is 6.54 Å². The van der Waals surface area contributed by atoms with E-state index in [1.54, 1.807) is 12.1 Å². The largest absolute Gasteiger partial charge is 0.312 e. The first-order chi connectivity index (χ1) is 9.06. The molecule has 0 aromatic heterocycles. The van der Waals surface area contributed by atoms with Crippen LogP contribution in [0, 0.1) is 22.0 Å². The Balaban J connectivity index is 1.91. The molecule has 2 atom stereocenters. The van der Waals surface area contributed by atoms with Gasteiger partial charge in [0.1, 0.15) is 0 Å². The maximum absolute atomic E-state index is 10.9. The molecule has 1 aromatic rings. The van der Waals surface area contributed by atoms with Gasteiger partial charge in [0.05, 0.1) is 4.92 Å². The molecule has 0 bridgehead atoms. The summed E-state index contributed by atoms with van der Waals surface area (Å²) >= 11 is 5.90. The summed E-state index contributed by atoms with van der Waals surface area (Å²) in [5.74, 6) is 1.51. The zero-order valence-electron chi connectivity index (χ0n) is 11.1. The smallest absolute Gasteiger partial charge is 0.273 e. The predicted octanol–water partition coefficient (Wildman–Crippen LogP) is 3.77. The molecular formula is C14H19ClN2O2. The molecule has 2 unspecified atom stereocenters. The Morgan fingerprint density at radius 3 is 2.89 bits per heavy atom. The Kier molecular flexibility index (Phi) is 4.77. The maximum Gasteiger partial charge on any atom is 0.273 e. The molecule has 1 aliphatic carbocycles. The second-order valence-electron chi connectivity index (χ2n) is 5.45. The Morgan fingerprint density at radius 2 is 2.26 bits per heavy atom. The van der Waals surface area contributed by atoms with Crippen molar-refractivity contribution in [1.29, 1.82) is 0 Å². The van der Waals surface area contributed by atoms with E-state index in [1.807, 2.05) is 0 Å². The number of hydrogen-bond donors (Lipinski definition) is 1. The quantitative estimate of drug-likeness (QED) is 0.660. The van der Waals surface area contributed by atoms with Crippen molar-refractivity contribution in [2.24, 2.45) is 11.8 Å². The van der Waals surface area contributed by atoms with Crippen molar-refractivity contribution >= 4 is 17.3 Å². The van der Waals surface area contributed by atoms with E-state index in [1.165, 1.54) is 25.3 Å². The molecule has 104 valence electrons. The molecule has 5 heteroatoms. The zero-order valence-corrected chi connectivity index (χ0v) is 11.8. The summed E-state index contributed by atoms with van der Waals surface area (Å²) in [5, 5.41) is 14.8. The Bertz CT molecular complexity index is 465. The topological polar surface area (TPSA) is 55.2 Å². The van der Waals surface area contributed by atoms with Gasteiger partial charge in [-0.05, 0) is 43.4 Å². The van der Waals surface area contributed by atoms with Crippen molar-refractivity contribution in [3.63, 3.8) is 0 Å². The number of benzene rings is 1. The van der Waals surface area contributed by atoms with Crippen LogP contribution in [0.25, 0.3) is 0 Å². The standard InChI is InChI=1S/C14H19ClN2O2/c1-10-2-3-11(6-10)8-16-9-12-7-13(15)4-5-14(12)17(18)19/h4-5,7,10-11,16H,2-3,6,8-9H2,1H3.